The molecule has 1 heterocycles. The molecule has 0 saturated carbocycles. The van der Waals surface area contributed by atoms with Gasteiger partial charge in [-0.3, -0.25) is 4.90 Å². The summed E-state index contributed by atoms with van der Waals surface area (Å²) in [6, 6.07) is 0.835. The van der Waals surface area contributed by atoms with Crippen molar-refractivity contribution >= 4 is 0 Å². The second kappa shape index (κ2) is 8.07. The summed E-state index contributed by atoms with van der Waals surface area (Å²) in [5, 5.41) is 3.50. The molecule has 1 saturated heterocycles. The molecular formula is C13H25F3N2O. The lowest BCUT2D eigenvalue weighted by molar-refractivity contribution is -0.174. The SMILES string of the molecule is CCCC1CN(CCOCC(F)(F)F)C(C)CCN1. The zero-order valence-electron chi connectivity index (χ0n) is 11.8. The van der Waals surface area contributed by atoms with Crippen molar-refractivity contribution in [1.82, 2.24) is 10.2 Å². The van der Waals surface area contributed by atoms with E-state index in [1.165, 1.54) is 0 Å². The minimum absolute atomic E-state index is 0.142. The Morgan fingerprint density at radius 1 is 1.37 bits per heavy atom. The van der Waals surface area contributed by atoms with Gasteiger partial charge in [-0.05, 0) is 26.3 Å². The van der Waals surface area contributed by atoms with Crippen LogP contribution in [0, 0.1) is 0 Å². The van der Waals surface area contributed by atoms with Gasteiger partial charge in [-0.1, -0.05) is 13.3 Å². The van der Waals surface area contributed by atoms with Gasteiger partial charge in [0.2, 0.25) is 0 Å². The molecule has 0 aromatic carbocycles. The summed E-state index contributed by atoms with van der Waals surface area (Å²) >= 11 is 0. The average molecular weight is 282 g/mol. The molecule has 114 valence electrons. The van der Waals surface area contributed by atoms with Gasteiger partial charge in [-0.15, -0.1) is 0 Å². The van der Waals surface area contributed by atoms with Gasteiger partial charge in [0.25, 0.3) is 0 Å². The van der Waals surface area contributed by atoms with Crippen molar-refractivity contribution in [2.45, 2.75) is 51.4 Å². The highest BCUT2D eigenvalue weighted by Crippen LogP contribution is 2.15. The van der Waals surface area contributed by atoms with E-state index in [2.05, 4.69) is 24.1 Å². The monoisotopic (exact) mass is 282 g/mol. The summed E-state index contributed by atoms with van der Waals surface area (Å²) in [6.45, 7) is 5.70. The molecule has 0 aromatic heterocycles. The largest absolute Gasteiger partial charge is 0.411 e. The van der Waals surface area contributed by atoms with Crippen LogP contribution in [0.3, 0.4) is 0 Å². The van der Waals surface area contributed by atoms with Crippen LogP contribution in [-0.4, -0.2) is 56.0 Å². The van der Waals surface area contributed by atoms with E-state index in [0.717, 1.165) is 32.4 Å². The Kier molecular flexibility index (Phi) is 7.10. The van der Waals surface area contributed by atoms with Crippen molar-refractivity contribution in [3.63, 3.8) is 0 Å². The molecular weight excluding hydrogens is 257 g/mol. The fourth-order valence-electron chi connectivity index (χ4n) is 2.43. The number of hydrogen-bond acceptors (Lipinski definition) is 3. The predicted molar refractivity (Wildman–Crippen MR) is 69.2 cm³/mol. The lowest BCUT2D eigenvalue weighted by Gasteiger charge is -2.28. The van der Waals surface area contributed by atoms with Crippen molar-refractivity contribution in [3.05, 3.63) is 0 Å². The Labute approximate surface area is 113 Å². The van der Waals surface area contributed by atoms with Crippen LogP contribution in [0.25, 0.3) is 0 Å². The molecule has 1 N–H and O–H groups in total. The van der Waals surface area contributed by atoms with Gasteiger partial charge in [0.15, 0.2) is 0 Å². The van der Waals surface area contributed by atoms with Crippen molar-refractivity contribution in [2.24, 2.45) is 0 Å². The molecule has 0 aromatic rings. The fourth-order valence-corrected chi connectivity index (χ4v) is 2.43. The molecule has 0 spiro atoms. The van der Waals surface area contributed by atoms with Crippen molar-refractivity contribution < 1.29 is 17.9 Å². The summed E-state index contributed by atoms with van der Waals surface area (Å²) in [7, 11) is 0. The van der Waals surface area contributed by atoms with E-state index in [4.69, 9.17) is 4.74 Å². The third-order valence-electron chi connectivity index (χ3n) is 3.50. The number of ether oxygens (including phenoxy) is 1. The van der Waals surface area contributed by atoms with E-state index in [1.807, 2.05) is 0 Å². The molecule has 2 atom stereocenters. The second-order valence-corrected chi connectivity index (χ2v) is 5.24. The molecule has 6 heteroatoms. The fraction of sp³-hybridized carbons (Fsp3) is 1.00. The van der Waals surface area contributed by atoms with Gasteiger partial charge in [0.1, 0.15) is 6.61 Å². The van der Waals surface area contributed by atoms with Crippen LogP contribution in [0.1, 0.15) is 33.1 Å². The standard InChI is InChI=1S/C13H25F3N2O/c1-3-4-12-9-18(11(2)5-6-17-12)7-8-19-10-13(14,15)16/h11-12,17H,3-10H2,1-2H3. The van der Waals surface area contributed by atoms with Crippen LogP contribution in [0.2, 0.25) is 0 Å². The van der Waals surface area contributed by atoms with E-state index in [9.17, 15) is 13.2 Å². The predicted octanol–water partition coefficient (Wildman–Crippen LogP) is 2.42. The summed E-state index contributed by atoms with van der Waals surface area (Å²) in [4.78, 5) is 2.23. The lowest BCUT2D eigenvalue weighted by atomic mass is 10.1. The van der Waals surface area contributed by atoms with E-state index in [1.54, 1.807) is 0 Å². The van der Waals surface area contributed by atoms with Crippen LogP contribution in [-0.2, 0) is 4.74 Å². The Balaban J connectivity index is 2.31. The Bertz CT molecular complexity index is 249. The minimum Gasteiger partial charge on any atom is -0.371 e. The Morgan fingerprint density at radius 2 is 2.11 bits per heavy atom. The highest BCUT2D eigenvalue weighted by molar-refractivity contribution is 4.80. The molecule has 1 rings (SSSR count). The van der Waals surface area contributed by atoms with E-state index in [-0.39, 0.29) is 6.61 Å². The molecule has 0 aliphatic carbocycles. The van der Waals surface area contributed by atoms with Gasteiger partial charge in [-0.2, -0.15) is 13.2 Å². The molecule has 0 amide bonds. The molecule has 2 unspecified atom stereocenters. The minimum atomic E-state index is -4.23. The van der Waals surface area contributed by atoms with Crippen molar-refractivity contribution in [1.29, 1.82) is 0 Å². The summed E-state index contributed by atoms with van der Waals surface area (Å²) in [5.74, 6) is 0. The normalized spacial score (nSPS) is 26.4. The van der Waals surface area contributed by atoms with Crippen molar-refractivity contribution in [3.8, 4) is 0 Å². The molecule has 1 fully saturated rings. The number of rotatable bonds is 6. The van der Waals surface area contributed by atoms with Gasteiger partial charge in [0, 0.05) is 25.2 Å². The van der Waals surface area contributed by atoms with E-state index < -0.39 is 12.8 Å². The van der Waals surface area contributed by atoms with Gasteiger partial charge in [-0.25, -0.2) is 0 Å². The van der Waals surface area contributed by atoms with Crippen LogP contribution in [0.5, 0.6) is 0 Å². The molecule has 1 aliphatic rings. The van der Waals surface area contributed by atoms with Crippen LogP contribution >= 0.6 is 0 Å². The summed E-state index contributed by atoms with van der Waals surface area (Å²) < 4.78 is 40.6. The Morgan fingerprint density at radius 3 is 2.74 bits per heavy atom. The maximum Gasteiger partial charge on any atom is 0.411 e. The highest BCUT2D eigenvalue weighted by Gasteiger charge is 2.28. The van der Waals surface area contributed by atoms with Crippen LogP contribution < -0.4 is 5.32 Å². The topological polar surface area (TPSA) is 24.5 Å². The quantitative estimate of drug-likeness (QED) is 0.757. The van der Waals surface area contributed by atoms with Gasteiger partial charge in [0.05, 0.1) is 6.61 Å². The summed E-state index contributed by atoms with van der Waals surface area (Å²) in [6.07, 6.45) is -0.979. The van der Waals surface area contributed by atoms with Crippen molar-refractivity contribution in [2.75, 3.05) is 32.8 Å². The Hall–Kier alpha value is -0.330. The molecule has 0 bridgehead atoms. The second-order valence-electron chi connectivity index (χ2n) is 5.24. The average Bonchev–Trinajstić information content (AvgIpc) is 2.47. The zero-order chi connectivity index (χ0) is 14.3. The van der Waals surface area contributed by atoms with Gasteiger partial charge >= 0.3 is 6.18 Å². The summed E-state index contributed by atoms with van der Waals surface area (Å²) in [5.41, 5.74) is 0. The zero-order valence-corrected chi connectivity index (χ0v) is 11.8. The van der Waals surface area contributed by atoms with Crippen LogP contribution in [0.4, 0.5) is 13.2 Å². The molecule has 19 heavy (non-hydrogen) atoms. The smallest absolute Gasteiger partial charge is 0.371 e. The third kappa shape index (κ3) is 7.13. The molecule has 0 radical (unpaired) electrons. The van der Waals surface area contributed by atoms with E-state index >= 15 is 0 Å². The maximum atomic E-state index is 12.0. The van der Waals surface area contributed by atoms with E-state index in [0.29, 0.717) is 18.6 Å². The first-order chi connectivity index (χ1) is 8.92. The number of halogens is 3. The number of nitrogens with zero attached hydrogens (tertiary/aromatic N) is 1. The number of alkyl halides is 3. The number of nitrogens with one attached hydrogen (secondary N) is 1. The van der Waals surface area contributed by atoms with Crippen LogP contribution in [0.15, 0.2) is 0 Å². The molecule has 3 nitrogen and oxygen atoms in total. The number of hydrogen-bond donors (Lipinski definition) is 1. The third-order valence-corrected chi connectivity index (χ3v) is 3.50. The first kappa shape index (κ1) is 16.7. The maximum absolute atomic E-state index is 12.0. The first-order valence-electron chi connectivity index (χ1n) is 7.04. The first-order valence-corrected chi connectivity index (χ1v) is 7.04. The highest BCUT2D eigenvalue weighted by atomic mass is 19.4. The molecule has 1 aliphatic heterocycles. The van der Waals surface area contributed by atoms with Gasteiger partial charge < -0.3 is 10.1 Å². The lowest BCUT2D eigenvalue weighted by Crippen LogP contribution is -2.41.